The number of hydrogen-bond donors (Lipinski definition) is 2. The zero-order chi connectivity index (χ0) is 27.2. The van der Waals surface area contributed by atoms with Gasteiger partial charge in [-0.25, -0.2) is 4.98 Å². The number of benzene rings is 2. The molecule has 0 aliphatic rings. The summed E-state index contributed by atoms with van der Waals surface area (Å²) in [5, 5.41) is 7.24. The minimum atomic E-state index is -0.314. The highest BCUT2D eigenvalue weighted by Crippen LogP contribution is 2.38. The van der Waals surface area contributed by atoms with Crippen LogP contribution in [0.15, 0.2) is 67.5 Å². The number of nitrogens with zero attached hydrogens (tertiary/aromatic N) is 5. The zero-order valence-corrected chi connectivity index (χ0v) is 22.4. The van der Waals surface area contributed by atoms with E-state index < -0.39 is 0 Å². The van der Waals surface area contributed by atoms with E-state index in [0.29, 0.717) is 34.6 Å². The van der Waals surface area contributed by atoms with Crippen molar-refractivity contribution in [2.45, 2.75) is 0 Å². The molecule has 10 heteroatoms. The third kappa shape index (κ3) is 5.70. The van der Waals surface area contributed by atoms with Gasteiger partial charge in [0.1, 0.15) is 5.75 Å². The van der Waals surface area contributed by atoms with Gasteiger partial charge in [-0.1, -0.05) is 24.8 Å². The molecule has 0 bridgehead atoms. The van der Waals surface area contributed by atoms with E-state index in [9.17, 15) is 4.79 Å². The van der Waals surface area contributed by atoms with Gasteiger partial charge >= 0.3 is 0 Å². The number of carbonyl (C=O) groups is 1. The third-order valence-electron chi connectivity index (χ3n) is 6.09. The van der Waals surface area contributed by atoms with Gasteiger partial charge in [0.25, 0.3) is 0 Å². The molecule has 1 amide bonds. The number of anilines is 4. The standard InChI is InChI=1S/C28H33N7O3/c1-7-26(36)30-20-16-21(24(37-5)17-23(20)34(4)15-14-33(2)3)31-28-29-18-25(38-6)27(32-28)35-13-12-19-10-8-9-11-22(19)35/h7-13,16-18H,1,14-15H2,2-6H3,(H,30,36)(H,29,31,32). The number of hydrogen-bond acceptors (Lipinski definition) is 8. The smallest absolute Gasteiger partial charge is 0.247 e. The molecule has 198 valence electrons. The number of para-hydroxylation sites is 1. The van der Waals surface area contributed by atoms with Crippen molar-refractivity contribution in [1.82, 2.24) is 19.4 Å². The molecule has 2 aromatic heterocycles. The molecule has 0 spiro atoms. The largest absolute Gasteiger partial charge is 0.494 e. The van der Waals surface area contributed by atoms with Gasteiger partial charge in [-0.05, 0) is 43.8 Å². The van der Waals surface area contributed by atoms with E-state index >= 15 is 0 Å². The van der Waals surface area contributed by atoms with Crippen LogP contribution in [0.4, 0.5) is 23.0 Å². The van der Waals surface area contributed by atoms with Gasteiger partial charge in [0.05, 0.1) is 43.0 Å². The fourth-order valence-electron chi connectivity index (χ4n) is 4.03. The van der Waals surface area contributed by atoms with Crippen LogP contribution >= 0.6 is 0 Å². The highest BCUT2D eigenvalue weighted by molar-refractivity contribution is 6.02. The second kappa shape index (κ2) is 11.7. The fourth-order valence-corrected chi connectivity index (χ4v) is 4.03. The van der Waals surface area contributed by atoms with E-state index in [2.05, 4.69) is 32.0 Å². The van der Waals surface area contributed by atoms with Crippen LogP contribution in [0.3, 0.4) is 0 Å². The second-order valence-electron chi connectivity index (χ2n) is 8.94. The highest BCUT2D eigenvalue weighted by atomic mass is 16.5. The molecule has 0 fully saturated rings. The lowest BCUT2D eigenvalue weighted by Gasteiger charge is -2.26. The van der Waals surface area contributed by atoms with Crippen LogP contribution in [0.2, 0.25) is 0 Å². The number of likely N-dealkylation sites (N-methyl/N-ethyl adjacent to an activating group) is 2. The SMILES string of the molecule is C=CC(=O)Nc1cc(Nc2ncc(OC)c(-n3ccc4ccccc43)n2)c(OC)cc1N(C)CCN(C)C. The summed E-state index contributed by atoms with van der Waals surface area (Å²) in [5.41, 5.74) is 2.99. The quantitative estimate of drug-likeness (QED) is 0.286. The molecule has 0 atom stereocenters. The number of ether oxygens (including phenoxy) is 2. The van der Waals surface area contributed by atoms with Crippen molar-refractivity contribution in [1.29, 1.82) is 0 Å². The highest BCUT2D eigenvalue weighted by Gasteiger charge is 2.18. The molecular formula is C28H33N7O3. The molecule has 0 unspecified atom stereocenters. The van der Waals surface area contributed by atoms with Crippen molar-refractivity contribution in [2.75, 3.05) is 64.0 Å². The molecular weight excluding hydrogens is 482 g/mol. The Balaban J connectivity index is 1.74. The van der Waals surface area contributed by atoms with Gasteiger partial charge in [0, 0.05) is 32.4 Å². The maximum atomic E-state index is 12.3. The van der Waals surface area contributed by atoms with Crippen molar-refractivity contribution in [3.05, 3.63) is 67.5 Å². The van der Waals surface area contributed by atoms with Crippen LogP contribution in [-0.2, 0) is 4.79 Å². The van der Waals surface area contributed by atoms with Crippen LogP contribution in [-0.4, -0.2) is 73.8 Å². The fraction of sp³-hybridized carbons (Fsp3) is 0.250. The van der Waals surface area contributed by atoms with Crippen molar-refractivity contribution in [2.24, 2.45) is 0 Å². The molecule has 0 saturated heterocycles. The maximum Gasteiger partial charge on any atom is 0.247 e. The molecule has 4 aromatic rings. The summed E-state index contributed by atoms with van der Waals surface area (Å²) in [6, 6.07) is 13.7. The first-order valence-corrected chi connectivity index (χ1v) is 12.1. The van der Waals surface area contributed by atoms with Crippen molar-refractivity contribution in [3.8, 4) is 17.3 Å². The van der Waals surface area contributed by atoms with Crippen molar-refractivity contribution in [3.63, 3.8) is 0 Å². The predicted molar refractivity (Wildman–Crippen MR) is 152 cm³/mol. The summed E-state index contributed by atoms with van der Waals surface area (Å²) in [7, 11) is 9.18. The summed E-state index contributed by atoms with van der Waals surface area (Å²) in [6.45, 7) is 5.16. The topological polar surface area (TPSA) is 96.8 Å². The van der Waals surface area contributed by atoms with Crippen LogP contribution in [0.1, 0.15) is 0 Å². The Kier molecular flexibility index (Phi) is 8.12. The van der Waals surface area contributed by atoms with Gasteiger partial charge < -0.3 is 29.9 Å². The lowest BCUT2D eigenvalue weighted by atomic mass is 10.2. The Hall–Kier alpha value is -4.57. The summed E-state index contributed by atoms with van der Waals surface area (Å²) >= 11 is 0. The maximum absolute atomic E-state index is 12.3. The van der Waals surface area contributed by atoms with Gasteiger partial charge in [0.2, 0.25) is 11.9 Å². The summed E-state index contributed by atoms with van der Waals surface area (Å²) < 4.78 is 13.2. The molecule has 0 radical (unpaired) electrons. The Bertz CT molecular complexity index is 1450. The summed E-state index contributed by atoms with van der Waals surface area (Å²) in [4.78, 5) is 25.6. The van der Waals surface area contributed by atoms with Crippen LogP contribution in [0.5, 0.6) is 11.5 Å². The molecule has 2 aromatic carbocycles. The van der Waals surface area contributed by atoms with E-state index in [1.165, 1.54) is 6.08 Å². The Morgan fingerprint density at radius 1 is 1.05 bits per heavy atom. The third-order valence-corrected chi connectivity index (χ3v) is 6.09. The molecule has 0 aliphatic heterocycles. The monoisotopic (exact) mass is 515 g/mol. The number of aromatic nitrogens is 3. The number of methoxy groups -OCH3 is 2. The molecule has 0 aliphatic carbocycles. The summed E-state index contributed by atoms with van der Waals surface area (Å²) in [6.07, 6.45) is 4.80. The molecule has 2 N–H and O–H groups in total. The Labute approximate surface area is 222 Å². The number of rotatable bonds is 11. The number of carbonyl (C=O) groups excluding carboxylic acids is 1. The van der Waals surface area contributed by atoms with E-state index in [-0.39, 0.29) is 5.91 Å². The first-order chi connectivity index (χ1) is 18.3. The van der Waals surface area contributed by atoms with Gasteiger partial charge in [0.15, 0.2) is 11.6 Å². The molecule has 4 rings (SSSR count). The van der Waals surface area contributed by atoms with Crippen LogP contribution < -0.4 is 25.0 Å². The number of nitrogens with one attached hydrogen (secondary N) is 2. The lowest BCUT2D eigenvalue weighted by Crippen LogP contribution is -2.29. The number of fused-ring (bicyclic) bond motifs is 1. The minimum Gasteiger partial charge on any atom is -0.494 e. The van der Waals surface area contributed by atoms with Crippen LogP contribution in [0.25, 0.3) is 16.7 Å². The van der Waals surface area contributed by atoms with E-state index in [0.717, 1.165) is 29.7 Å². The molecule has 0 saturated carbocycles. The predicted octanol–water partition coefficient (Wildman–Crippen LogP) is 4.30. The lowest BCUT2D eigenvalue weighted by molar-refractivity contribution is -0.111. The molecule has 10 nitrogen and oxygen atoms in total. The van der Waals surface area contributed by atoms with E-state index in [1.54, 1.807) is 26.5 Å². The minimum absolute atomic E-state index is 0.314. The molecule has 38 heavy (non-hydrogen) atoms. The van der Waals surface area contributed by atoms with Crippen molar-refractivity contribution < 1.29 is 14.3 Å². The van der Waals surface area contributed by atoms with E-state index in [1.807, 2.05) is 68.3 Å². The Morgan fingerprint density at radius 2 is 1.82 bits per heavy atom. The molecule has 2 heterocycles. The van der Waals surface area contributed by atoms with Gasteiger partial charge in [-0.2, -0.15) is 4.98 Å². The first-order valence-electron chi connectivity index (χ1n) is 12.1. The number of amides is 1. The normalized spacial score (nSPS) is 10.9. The van der Waals surface area contributed by atoms with Crippen LogP contribution in [0, 0.1) is 0 Å². The Morgan fingerprint density at radius 3 is 2.53 bits per heavy atom. The van der Waals surface area contributed by atoms with Crippen molar-refractivity contribution >= 4 is 39.8 Å². The average Bonchev–Trinajstić information content (AvgIpc) is 3.35. The van der Waals surface area contributed by atoms with Gasteiger partial charge in [-0.15, -0.1) is 0 Å². The first kappa shape index (κ1) is 26.5. The van der Waals surface area contributed by atoms with E-state index in [4.69, 9.17) is 14.5 Å². The van der Waals surface area contributed by atoms with Gasteiger partial charge in [-0.3, -0.25) is 9.36 Å². The summed E-state index contributed by atoms with van der Waals surface area (Å²) in [5.74, 6) is 1.71. The average molecular weight is 516 g/mol. The second-order valence-corrected chi connectivity index (χ2v) is 8.94. The zero-order valence-electron chi connectivity index (χ0n) is 22.4.